The Hall–Kier alpha value is -3.66. The Morgan fingerprint density at radius 1 is 1.20 bits per heavy atom. The first-order chi connectivity index (χ1) is 19.4. The lowest BCUT2D eigenvalue weighted by atomic mass is 9.93. The highest BCUT2D eigenvalue weighted by Gasteiger charge is 2.37. The summed E-state index contributed by atoms with van der Waals surface area (Å²) < 4.78 is 5.37. The summed E-state index contributed by atoms with van der Waals surface area (Å²) in [5.74, 6) is 1.39. The summed E-state index contributed by atoms with van der Waals surface area (Å²) in [5, 5.41) is 1.66. The molecule has 10 nitrogen and oxygen atoms in total. The van der Waals surface area contributed by atoms with Gasteiger partial charge in [-0.1, -0.05) is 31.4 Å². The number of aromatic nitrogens is 2. The molecule has 3 aliphatic rings. The minimum atomic E-state index is -0.199. The molecule has 3 heterocycles. The van der Waals surface area contributed by atoms with Gasteiger partial charge in [0.25, 0.3) is 5.91 Å². The number of carbonyl (C=O) groups is 2. The summed E-state index contributed by atoms with van der Waals surface area (Å²) in [5.41, 5.74) is 4.50. The van der Waals surface area contributed by atoms with Crippen LogP contribution in [0.1, 0.15) is 55.3 Å². The van der Waals surface area contributed by atoms with Crippen LogP contribution in [0.2, 0.25) is 0 Å². The van der Waals surface area contributed by atoms with E-state index < -0.39 is 0 Å². The van der Waals surface area contributed by atoms with E-state index in [2.05, 4.69) is 33.8 Å². The van der Waals surface area contributed by atoms with Gasteiger partial charge in [-0.2, -0.15) is 4.98 Å². The Kier molecular flexibility index (Phi) is 8.54. The second-order valence-electron chi connectivity index (χ2n) is 11.2. The maximum atomic E-state index is 13.8. The van der Waals surface area contributed by atoms with Crippen LogP contribution in [0.5, 0.6) is 5.75 Å². The number of amides is 2. The van der Waals surface area contributed by atoms with Crippen LogP contribution < -0.4 is 20.0 Å². The molecule has 1 aromatic heterocycles. The second-order valence-corrected chi connectivity index (χ2v) is 11.2. The predicted molar refractivity (Wildman–Crippen MR) is 157 cm³/mol. The summed E-state index contributed by atoms with van der Waals surface area (Å²) in [6, 6.07) is 7.44. The van der Waals surface area contributed by atoms with Crippen molar-refractivity contribution in [2.45, 2.75) is 57.0 Å². The van der Waals surface area contributed by atoms with Crippen LogP contribution in [0.25, 0.3) is 0 Å². The third kappa shape index (κ3) is 5.77. The van der Waals surface area contributed by atoms with Gasteiger partial charge < -0.3 is 19.4 Å². The largest absolute Gasteiger partial charge is 0.497 e. The molecular weight excluding hydrogens is 506 g/mol. The molecule has 1 saturated carbocycles. The van der Waals surface area contributed by atoms with E-state index in [1.165, 1.54) is 19.3 Å². The van der Waals surface area contributed by atoms with Crippen molar-refractivity contribution >= 4 is 29.3 Å². The van der Waals surface area contributed by atoms with Gasteiger partial charge in [-0.15, -0.1) is 6.58 Å². The number of anilines is 3. The monoisotopic (exact) mass is 547 g/mol. The van der Waals surface area contributed by atoms with Crippen LogP contribution in [0, 0.1) is 5.92 Å². The van der Waals surface area contributed by atoms with Crippen molar-refractivity contribution in [1.29, 1.82) is 0 Å². The first-order valence-electron chi connectivity index (χ1n) is 14.3. The third-order valence-electron chi connectivity index (χ3n) is 8.43. The lowest BCUT2D eigenvalue weighted by Crippen LogP contribution is -2.46. The van der Waals surface area contributed by atoms with E-state index in [4.69, 9.17) is 9.72 Å². The van der Waals surface area contributed by atoms with E-state index in [0.29, 0.717) is 42.0 Å². The number of fused-ring (bicyclic) bond motifs is 1. The highest BCUT2D eigenvalue weighted by atomic mass is 16.5. The molecule has 40 heavy (non-hydrogen) atoms. The van der Waals surface area contributed by atoms with Gasteiger partial charge in [-0.05, 0) is 57.5 Å². The Balaban J connectivity index is 1.51. The van der Waals surface area contributed by atoms with Gasteiger partial charge in [0.2, 0.25) is 11.9 Å². The van der Waals surface area contributed by atoms with E-state index in [9.17, 15) is 9.59 Å². The first kappa shape index (κ1) is 27.9. The normalized spacial score (nSPS) is 22.0. The highest BCUT2D eigenvalue weighted by Crippen LogP contribution is 2.37. The fraction of sp³-hybridized carbons (Fsp3) is 0.533. The molecule has 214 valence electrons. The van der Waals surface area contributed by atoms with Gasteiger partial charge in [0, 0.05) is 31.7 Å². The SMILES string of the molecule is C=CCC1CN(C2CCCCC2)c2nc(NN(C(=O)c3cccc(OC)c3)[C@H]3CCN(C)C3)ncc2N(C)C1=O. The number of hydrazine groups is 1. The number of ether oxygens (including phenoxy) is 1. The fourth-order valence-electron chi connectivity index (χ4n) is 6.19. The third-order valence-corrected chi connectivity index (χ3v) is 8.43. The topological polar surface area (TPSA) is 94.1 Å². The molecule has 0 spiro atoms. The Morgan fingerprint density at radius 3 is 2.70 bits per heavy atom. The number of nitrogens with one attached hydrogen (secondary N) is 1. The average molecular weight is 548 g/mol. The molecule has 1 N–H and O–H groups in total. The summed E-state index contributed by atoms with van der Waals surface area (Å²) in [7, 11) is 5.45. The van der Waals surface area contributed by atoms with Crippen LogP contribution in [-0.2, 0) is 4.79 Å². The van der Waals surface area contributed by atoms with Gasteiger partial charge in [0.15, 0.2) is 5.82 Å². The Morgan fingerprint density at radius 2 is 2.00 bits per heavy atom. The zero-order valence-corrected chi connectivity index (χ0v) is 23.9. The molecule has 5 rings (SSSR count). The minimum absolute atomic E-state index is 0.0487. The fourth-order valence-corrected chi connectivity index (χ4v) is 6.19. The smallest absolute Gasteiger partial charge is 0.272 e. The van der Waals surface area contributed by atoms with E-state index >= 15 is 0 Å². The molecular formula is C30H41N7O3. The maximum absolute atomic E-state index is 13.8. The predicted octanol–water partition coefficient (Wildman–Crippen LogP) is 3.97. The highest BCUT2D eigenvalue weighted by molar-refractivity contribution is 5.99. The number of hydrogen-bond donors (Lipinski definition) is 1. The molecule has 2 aliphatic heterocycles. The number of rotatable bonds is 8. The minimum Gasteiger partial charge on any atom is -0.497 e. The van der Waals surface area contributed by atoms with E-state index in [0.717, 1.165) is 38.2 Å². The summed E-state index contributed by atoms with van der Waals surface area (Å²) in [4.78, 5) is 43.1. The van der Waals surface area contributed by atoms with Crippen LogP contribution in [0.4, 0.5) is 17.5 Å². The summed E-state index contributed by atoms with van der Waals surface area (Å²) >= 11 is 0. The molecule has 1 unspecified atom stereocenters. The van der Waals surface area contributed by atoms with Crippen molar-refractivity contribution in [3.8, 4) is 5.75 Å². The second kappa shape index (κ2) is 12.2. The molecule has 1 aliphatic carbocycles. The molecule has 2 fully saturated rings. The van der Waals surface area contributed by atoms with Crippen molar-refractivity contribution in [3.63, 3.8) is 0 Å². The Labute approximate surface area is 237 Å². The molecule has 0 radical (unpaired) electrons. The van der Waals surface area contributed by atoms with Crippen LogP contribution in [0.15, 0.2) is 43.1 Å². The van der Waals surface area contributed by atoms with E-state index in [1.807, 2.05) is 18.2 Å². The standard InChI is InChI=1S/C30H41N7O3/c1-5-10-22-19-36(23-12-7-6-8-13-23)27-26(35(3)28(22)38)18-31-30(32-27)33-37(24-15-16-34(2)20-24)29(39)21-11-9-14-25(17-21)40-4/h5,9,11,14,17-18,22-24H,1,6-8,10,12-13,15-16,19-20H2,2-4H3,(H,31,32,33)/t22?,24-/m0/s1. The van der Waals surface area contributed by atoms with Crippen molar-refractivity contribution in [3.05, 3.63) is 48.7 Å². The number of benzene rings is 1. The Bertz CT molecular complexity index is 1230. The molecule has 0 bridgehead atoms. The van der Waals surface area contributed by atoms with Crippen LogP contribution in [-0.4, -0.2) is 84.6 Å². The zero-order valence-electron chi connectivity index (χ0n) is 23.9. The molecule has 10 heteroatoms. The van der Waals surface area contributed by atoms with Crippen molar-refractivity contribution in [2.24, 2.45) is 5.92 Å². The van der Waals surface area contributed by atoms with Crippen molar-refractivity contribution in [2.75, 3.05) is 56.1 Å². The van der Waals surface area contributed by atoms with Gasteiger partial charge in [-0.25, -0.2) is 9.99 Å². The van der Waals surface area contributed by atoms with Gasteiger partial charge in [-0.3, -0.25) is 15.0 Å². The number of carbonyl (C=O) groups excluding carboxylic acids is 2. The molecule has 2 aromatic rings. The number of allylic oxidation sites excluding steroid dienone is 1. The van der Waals surface area contributed by atoms with Gasteiger partial charge in [0.05, 0.1) is 25.3 Å². The molecule has 2 amide bonds. The van der Waals surface area contributed by atoms with Crippen LogP contribution >= 0.6 is 0 Å². The van der Waals surface area contributed by atoms with E-state index in [-0.39, 0.29) is 23.8 Å². The number of methoxy groups -OCH3 is 1. The van der Waals surface area contributed by atoms with Crippen molar-refractivity contribution in [1.82, 2.24) is 19.9 Å². The van der Waals surface area contributed by atoms with Crippen molar-refractivity contribution < 1.29 is 14.3 Å². The number of likely N-dealkylation sites (tertiary alicyclic amines) is 1. The lowest BCUT2D eigenvalue weighted by Gasteiger charge is -2.36. The molecule has 2 atom stereocenters. The van der Waals surface area contributed by atoms with Gasteiger partial charge in [0.1, 0.15) is 11.4 Å². The first-order valence-corrected chi connectivity index (χ1v) is 14.3. The number of nitrogens with zero attached hydrogens (tertiary/aromatic N) is 6. The number of hydrogen-bond acceptors (Lipinski definition) is 8. The zero-order chi connectivity index (χ0) is 28.2. The average Bonchev–Trinajstić information content (AvgIpc) is 3.39. The maximum Gasteiger partial charge on any atom is 0.272 e. The summed E-state index contributed by atoms with van der Waals surface area (Å²) in [6.07, 6.45) is 10.7. The summed E-state index contributed by atoms with van der Waals surface area (Å²) in [6.45, 7) is 6.12. The van der Waals surface area contributed by atoms with Crippen LogP contribution in [0.3, 0.4) is 0 Å². The quantitative estimate of drug-likeness (QED) is 0.392. The number of likely N-dealkylation sites (N-methyl/N-ethyl adjacent to an activating group) is 1. The van der Waals surface area contributed by atoms with E-state index in [1.54, 1.807) is 42.4 Å². The molecule has 1 aromatic carbocycles. The van der Waals surface area contributed by atoms with Gasteiger partial charge >= 0.3 is 0 Å². The lowest BCUT2D eigenvalue weighted by molar-refractivity contribution is -0.121. The molecule has 1 saturated heterocycles.